The smallest absolute Gasteiger partial charge is 0 e. The first kappa shape index (κ1) is 19.1. The van der Waals surface area contributed by atoms with Gasteiger partial charge in [0, 0.05) is 34.1 Å². The molecule has 0 heterocycles. The van der Waals surface area contributed by atoms with E-state index < -0.39 is 10.7 Å². The van der Waals surface area contributed by atoms with Crippen molar-refractivity contribution in [1.29, 1.82) is 31.6 Å². The fourth-order valence-corrected chi connectivity index (χ4v) is 1.09. The second-order valence-electron chi connectivity index (χ2n) is 1.80. The molecule has 0 bridgehead atoms. The van der Waals surface area contributed by atoms with E-state index in [1.807, 2.05) is 0 Å². The Labute approximate surface area is 106 Å². The molecule has 0 unspecified atom stereocenters. The Hall–Kier alpha value is -1.50. The zero-order valence-electron chi connectivity index (χ0n) is 6.69. The van der Waals surface area contributed by atoms with E-state index in [4.69, 9.17) is 31.6 Å². The first-order chi connectivity index (χ1) is 5.97. The van der Waals surface area contributed by atoms with Crippen molar-refractivity contribution in [2.75, 3.05) is 0 Å². The van der Waals surface area contributed by atoms with Crippen LogP contribution in [0.25, 0.3) is 0 Å². The monoisotopic (exact) mass is 331 g/mol. The number of hydrogen-bond acceptors (Lipinski definition) is 6. The molecule has 0 N–H and O–H groups in total. The average Bonchev–Trinajstić information content (AvgIpc) is 2.26. The number of nitrogens with zero attached hydrogens (tertiary/aromatic N) is 6. The molecule has 6 nitrogen and oxygen atoms in total. The van der Waals surface area contributed by atoms with E-state index in [-0.39, 0.29) is 34.1 Å². The molecule has 15 heavy (non-hydrogen) atoms. The predicted octanol–water partition coefficient (Wildman–Crippen LogP) is 0.0932. The molecule has 0 fully saturated rings. The van der Waals surface area contributed by atoms with Gasteiger partial charge in [-0.3, -0.25) is 0 Å². The van der Waals surface area contributed by atoms with Gasteiger partial charge < -0.3 is 0 Å². The Morgan fingerprint density at radius 2 is 0.667 bits per heavy atom. The first-order valence-corrected chi connectivity index (χ1v) is 5.71. The molecule has 0 amide bonds. The van der Waals surface area contributed by atoms with Crippen LogP contribution in [-0.4, -0.2) is 0 Å². The van der Waals surface area contributed by atoms with Crippen LogP contribution in [-0.2, 0) is 44.9 Å². The van der Waals surface area contributed by atoms with Crippen LogP contribution >= 0.6 is 0 Å². The molecule has 0 aromatic heterocycles. The van der Waals surface area contributed by atoms with Gasteiger partial charge in [-0.05, 0) is 0 Å². The Kier molecular flexibility index (Phi) is 5.54. The molecule has 0 aromatic rings. The minimum Gasteiger partial charge on any atom is 0 e. The summed E-state index contributed by atoms with van der Waals surface area (Å²) in [5.74, 6) is 0. The van der Waals surface area contributed by atoms with Gasteiger partial charge in [0.2, 0.25) is 0 Å². The summed E-state index contributed by atoms with van der Waals surface area (Å²) in [6.07, 6.45) is 0. The molecule has 0 aliphatic rings. The Bertz CT molecular complexity index is 395. The van der Waals surface area contributed by atoms with Crippen LogP contribution in [0.4, 0.5) is 0 Å². The van der Waals surface area contributed by atoms with Crippen molar-refractivity contribution in [3.05, 3.63) is 0 Å². The van der Waals surface area contributed by atoms with E-state index in [0.29, 0.717) is 0 Å². The third-order valence-corrected chi connectivity index (χ3v) is 4.89. The van der Waals surface area contributed by atoms with Crippen LogP contribution in [0.3, 0.4) is 0 Å². The van der Waals surface area contributed by atoms with Gasteiger partial charge in [-0.1, -0.05) is 0 Å². The molecule has 1 radical (unpaired) electrons. The molecule has 0 spiro atoms. The summed E-state index contributed by atoms with van der Waals surface area (Å²) >= 11 is 0. The maximum atomic E-state index is 8.58. The first-order valence-electron chi connectivity index (χ1n) is 2.40. The van der Waals surface area contributed by atoms with E-state index in [2.05, 4.69) is 0 Å². The second kappa shape index (κ2) is 4.35. The predicted molar refractivity (Wildman–Crippen MR) is 33.7 cm³/mol. The van der Waals surface area contributed by atoms with E-state index in [1.54, 1.807) is 0 Å². The van der Waals surface area contributed by atoms with Gasteiger partial charge in [0.05, 0.1) is 0 Å². The fourth-order valence-electron chi connectivity index (χ4n) is 0.265. The number of nitriles is 6. The molecule has 0 saturated heterocycles. The Morgan fingerprint density at radius 3 is 0.667 bits per heavy atom. The zero-order chi connectivity index (χ0) is 10.7. The van der Waals surface area contributed by atoms with E-state index >= 15 is 0 Å². The molecule has 0 saturated carbocycles. The Balaban J connectivity index is -0.000000720. The third-order valence-electron chi connectivity index (χ3n) is 1.19. The summed E-state index contributed by atoms with van der Waals surface area (Å²) in [7, 11) is -6.17. The number of rotatable bonds is 0. The maximum Gasteiger partial charge on any atom is 0 e. The second-order valence-corrected chi connectivity index (χ2v) is 7.42. The minimum absolute atomic E-state index is 0. The van der Waals surface area contributed by atoms with E-state index in [1.165, 1.54) is 0 Å². The summed E-state index contributed by atoms with van der Waals surface area (Å²) < 4.78 is 0. The molecule has 0 aliphatic heterocycles. The van der Waals surface area contributed by atoms with Gasteiger partial charge >= 0.3 is 72.1 Å². The van der Waals surface area contributed by atoms with Crippen LogP contribution in [0.5, 0.6) is 0 Å². The number of hydrogen-bond donors (Lipinski definition) is 0. The summed E-state index contributed by atoms with van der Waals surface area (Å²) in [6, 6.07) is 0. The molecule has 0 rings (SSSR count). The quantitative estimate of drug-likeness (QED) is 0.576. The van der Waals surface area contributed by atoms with E-state index in [0.717, 1.165) is 29.8 Å². The van der Waals surface area contributed by atoms with Crippen molar-refractivity contribution < 1.29 is 44.9 Å². The third kappa shape index (κ3) is 1.70. The Morgan fingerprint density at radius 1 is 0.533 bits per heavy atom. The van der Waals surface area contributed by atoms with Gasteiger partial charge in [0.1, 0.15) is 0 Å². The molecule has 81 valence electrons. The molecule has 0 aliphatic carbocycles. The minimum atomic E-state index is -6.17. The van der Waals surface area contributed by atoms with Crippen LogP contribution in [0.2, 0.25) is 0 Å². The van der Waals surface area contributed by atoms with Crippen molar-refractivity contribution in [3.63, 3.8) is 0 Å². The van der Waals surface area contributed by atoms with Gasteiger partial charge in [-0.2, -0.15) is 0 Å². The van der Waals surface area contributed by atoms with Gasteiger partial charge in [0.25, 0.3) is 0 Å². The molecular formula is C6CuFe2N6. The van der Waals surface area contributed by atoms with E-state index in [9.17, 15) is 0 Å². The summed E-state index contributed by atoms with van der Waals surface area (Å²) in [5, 5.41) is 51.5. The molecule has 0 atom stereocenters. The summed E-state index contributed by atoms with van der Waals surface area (Å²) in [4.78, 5) is 6.19. The van der Waals surface area contributed by atoms with Crippen molar-refractivity contribution in [3.8, 4) is 29.8 Å². The van der Waals surface area contributed by atoms with Crippen molar-refractivity contribution >= 4 is 0 Å². The summed E-state index contributed by atoms with van der Waals surface area (Å²) in [6.45, 7) is 0. The average molecular weight is 331 g/mol. The normalized spacial score (nSPS) is 11.6. The SMILES string of the molecule is N#[C][Fe]([C]#N)([C]#N)([C]#N)([C]#N)[C]#N.[Cu].[Fe]. The fraction of sp³-hybridized carbons (Fsp3) is 0. The largest absolute Gasteiger partial charge is 0 e. The van der Waals surface area contributed by atoms with Crippen LogP contribution in [0.15, 0.2) is 0 Å². The van der Waals surface area contributed by atoms with Gasteiger partial charge in [-0.25, -0.2) is 0 Å². The van der Waals surface area contributed by atoms with Gasteiger partial charge in [0.15, 0.2) is 0 Å². The van der Waals surface area contributed by atoms with Crippen LogP contribution < -0.4 is 0 Å². The summed E-state index contributed by atoms with van der Waals surface area (Å²) in [5.41, 5.74) is 0. The van der Waals surface area contributed by atoms with Gasteiger partial charge in [-0.15, -0.1) is 0 Å². The van der Waals surface area contributed by atoms with Crippen molar-refractivity contribution in [2.24, 2.45) is 0 Å². The topological polar surface area (TPSA) is 143 Å². The zero-order valence-corrected chi connectivity index (χ0v) is 9.84. The van der Waals surface area contributed by atoms with Crippen LogP contribution in [0.1, 0.15) is 0 Å². The van der Waals surface area contributed by atoms with Crippen molar-refractivity contribution in [1.82, 2.24) is 0 Å². The molecule has 0 aromatic carbocycles. The maximum absolute atomic E-state index is 8.58. The standard InChI is InChI=1S/6CN.Cu.2Fe/c6*1-2;;;. The van der Waals surface area contributed by atoms with Crippen LogP contribution in [0, 0.1) is 61.4 Å². The molecular weight excluding hydrogens is 331 g/mol. The van der Waals surface area contributed by atoms with Crippen molar-refractivity contribution in [2.45, 2.75) is 0 Å². The molecule has 9 heteroatoms.